The van der Waals surface area contributed by atoms with E-state index >= 15 is 0 Å². The first-order valence-electron chi connectivity index (χ1n) is 5.54. The number of benzene rings is 2. The second-order valence-corrected chi connectivity index (χ2v) is 4.35. The molecule has 0 aromatic heterocycles. The molecule has 19 heavy (non-hydrogen) atoms. The molecule has 0 unspecified atom stereocenters. The minimum absolute atomic E-state index is 0.0243. The average molecular weight is 282 g/mol. The predicted octanol–water partition coefficient (Wildman–Crippen LogP) is 3.80. The Hall–Kier alpha value is -1.94. The first-order valence-corrected chi connectivity index (χ1v) is 5.92. The standard InChI is InChI=1S/C14H10ClF2NO/c15-11-4-2-1-3-9(11)7-14(19)18-13-6-5-10(16)8-12(13)17/h1-6,8H,7H2,(H,18,19). The fourth-order valence-electron chi connectivity index (χ4n) is 1.60. The first-order chi connectivity index (χ1) is 9.06. The van der Waals surface area contributed by atoms with Crippen LogP contribution in [0.25, 0.3) is 0 Å². The Labute approximate surface area is 114 Å². The summed E-state index contributed by atoms with van der Waals surface area (Å²) in [4.78, 5) is 11.7. The third-order valence-electron chi connectivity index (χ3n) is 2.51. The van der Waals surface area contributed by atoms with E-state index in [0.717, 1.165) is 6.07 Å². The summed E-state index contributed by atoms with van der Waals surface area (Å²) in [5.41, 5.74) is 0.586. The van der Waals surface area contributed by atoms with Gasteiger partial charge in [-0.1, -0.05) is 29.8 Å². The minimum Gasteiger partial charge on any atom is -0.323 e. The Kier molecular flexibility index (Phi) is 4.12. The summed E-state index contributed by atoms with van der Waals surface area (Å²) in [5.74, 6) is -1.92. The van der Waals surface area contributed by atoms with E-state index < -0.39 is 17.5 Å². The number of rotatable bonds is 3. The fraction of sp³-hybridized carbons (Fsp3) is 0.0714. The van der Waals surface area contributed by atoms with Gasteiger partial charge in [0.05, 0.1) is 12.1 Å². The van der Waals surface area contributed by atoms with Crippen molar-refractivity contribution in [3.8, 4) is 0 Å². The molecule has 0 fully saturated rings. The lowest BCUT2D eigenvalue weighted by atomic mass is 10.1. The molecule has 2 aromatic rings. The molecule has 0 aliphatic heterocycles. The molecule has 0 atom stereocenters. The lowest BCUT2D eigenvalue weighted by Gasteiger charge is -2.07. The number of anilines is 1. The SMILES string of the molecule is O=C(Cc1ccccc1Cl)Nc1ccc(F)cc1F. The highest BCUT2D eigenvalue weighted by molar-refractivity contribution is 6.31. The fourth-order valence-corrected chi connectivity index (χ4v) is 1.80. The van der Waals surface area contributed by atoms with Crippen molar-refractivity contribution in [3.63, 3.8) is 0 Å². The molecule has 0 heterocycles. The Morgan fingerprint density at radius 2 is 1.89 bits per heavy atom. The highest BCUT2D eigenvalue weighted by atomic mass is 35.5. The zero-order valence-electron chi connectivity index (χ0n) is 9.79. The zero-order valence-corrected chi connectivity index (χ0v) is 10.5. The second kappa shape index (κ2) is 5.80. The van der Waals surface area contributed by atoms with E-state index in [1.807, 2.05) is 0 Å². The molecule has 1 N–H and O–H groups in total. The molecule has 0 radical (unpaired) electrons. The van der Waals surface area contributed by atoms with Crippen LogP contribution in [0.4, 0.5) is 14.5 Å². The van der Waals surface area contributed by atoms with Crippen LogP contribution in [-0.2, 0) is 11.2 Å². The summed E-state index contributed by atoms with van der Waals surface area (Å²) < 4.78 is 26.1. The predicted molar refractivity (Wildman–Crippen MR) is 70.1 cm³/mol. The van der Waals surface area contributed by atoms with E-state index in [9.17, 15) is 13.6 Å². The van der Waals surface area contributed by atoms with Crippen LogP contribution in [0, 0.1) is 11.6 Å². The van der Waals surface area contributed by atoms with Crippen molar-refractivity contribution in [2.24, 2.45) is 0 Å². The van der Waals surface area contributed by atoms with Crippen LogP contribution in [0.15, 0.2) is 42.5 Å². The third kappa shape index (κ3) is 3.51. The van der Waals surface area contributed by atoms with E-state index in [2.05, 4.69) is 5.32 Å². The summed E-state index contributed by atoms with van der Waals surface area (Å²) in [6, 6.07) is 9.86. The van der Waals surface area contributed by atoms with Gasteiger partial charge in [-0.15, -0.1) is 0 Å². The van der Waals surface area contributed by atoms with Gasteiger partial charge in [0.2, 0.25) is 5.91 Å². The maximum atomic E-state index is 13.3. The highest BCUT2D eigenvalue weighted by Crippen LogP contribution is 2.18. The Bertz CT molecular complexity index is 616. The van der Waals surface area contributed by atoms with Crippen LogP contribution in [0.3, 0.4) is 0 Å². The lowest BCUT2D eigenvalue weighted by molar-refractivity contribution is -0.115. The van der Waals surface area contributed by atoms with Crippen LogP contribution in [-0.4, -0.2) is 5.91 Å². The largest absolute Gasteiger partial charge is 0.323 e. The summed E-state index contributed by atoms with van der Waals surface area (Å²) in [6.07, 6.45) is 0.0243. The van der Waals surface area contributed by atoms with Crippen LogP contribution in [0.5, 0.6) is 0 Å². The molecule has 0 saturated carbocycles. The van der Waals surface area contributed by atoms with Gasteiger partial charge in [0.1, 0.15) is 11.6 Å². The number of hydrogen-bond acceptors (Lipinski definition) is 1. The van der Waals surface area contributed by atoms with Crippen LogP contribution in [0.1, 0.15) is 5.56 Å². The van der Waals surface area contributed by atoms with Crippen molar-refractivity contribution in [1.29, 1.82) is 0 Å². The molecule has 2 aromatic carbocycles. The number of hydrogen-bond donors (Lipinski definition) is 1. The Morgan fingerprint density at radius 3 is 2.58 bits per heavy atom. The number of halogens is 3. The highest BCUT2D eigenvalue weighted by Gasteiger charge is 2.10. The molecule has 0 aliphatic carbocycles. The molecule has 0 aliphatic rings. The van der Waals surface area contributed by atoms with E-state index in [1.54, 1.807) is 24.3 Å². The number of nitrogens with one attached hydrogen (secondary N) is 1. The van der Waals surface area contributed by atoms with Gasteiger partial charge in [-0.3, -0.25) is 4.79 Å². The van der Waals surface area contributed by atoms with Crippen LogP contribution in [0.2, 0.25) is 5.02 Å². The monoisotopic (exact) mass is 281 g/mol. The molecule has 5 heteroatoms. The quantitative estimate of drug-likeness (QED) is 0.911. The van der Waals surface area contributed by atoms with Gasteiger partial charge in [-0.05, 0) is 23.8 Å². The molecular formula is C14H10ClF2NO. The number of carbonyl (C=O) groups excluding carboxylic acids is 1. The lowest BCUT2D eigenvalue weighted by Crippen LogP contribution is -2.15. The summed E-state index contributed by atoms with van der Waals surface area (Å²) in [7, 11) is 0. The maximum absolute atomic E-state index is 13.3. The van der Waals surface area contributed by atoms with Gasteiger partial charge in [-0.25, -0.2) is 8.78 Å². The van der Waals surface area contributed by atoms with Gasteiger partial charge < -0.3 is 5.32 Å². The molecule has 0 bridgehead atoms. The molecule has 0 spiro atoms. The zero-order chi connectivity index (χ0) is 13.8. The van der Waals surface area contributed by atoms with Crippen LogP contribution < -0.4 is 5.32 Å². The second-order valence-electron chi connectivity index (χ2n) is 3.94. The third-order valence-corrected chi connectivity index (χ3v) is 2.88. The minimum atomic E-state index is -0.812. The summed E-state index contributed by atoms with van der Waals surface area (Å²) in [5, 5.41) is 2.84. The average Bonchev–Trinajstić information content (AvgIpc) is 2.36. The Morgan fingerprint density at radius 1 is 1.16 bits per heavy atom. The van der Waals surface area contributed by atoms with Crippen molar-refractivity contribution in [2.75, 3.05) is 5.32 Å². The number of carbonyl (C=O) groups is 1. The smallest absolute Gasteiger partial charge is 0.228 e. The van der Waals surface area contributed by atoms with Crippen molar-refractivity contribution < 1.29 is 13.6 Å². The van der Waals surface area contributed by atoms with E-state index in [4.69, 9.17) is 11.6 Å². The summed E-state index contributed by atoms with van der Waals surface area (Å²) >= 11 is 5.92. The number of amides is 1. The molecular weight excluding hydrogens is 272 g/mol. The van der Waals surface area contributed by atoms with Gasteiger partial charge in [0.15, 0.2) is 0 Å². The van der Waals surface area contributed by atoms with Gasteiger partial charge in [0.25, 0.3) is 0 Å². The maximum Gasteiger partial charge on any atom is 0.228 e. The van der Waals surface area contributed by atoms with E-state index in [1.165, 1.54) is 6.07 Å². The van der Waals surface area contributed by atoms with E-state index in [0.29, 0.717) is 16.7 Å². The molecule has 2 nitrogen and oxygen atoms in total. The van der Waals surface area contributed by atoms with Crippen molar-refractivity contribution in [1.82, 2.24) is 0 Å². The van der Waals surface area contributed by atoms with Crippen molar-refractivity contribution in [3.05, 3.63) is 64.7 Å². The Balaban J connectivity index is 2.08. The molecule has 1 amide bonds. The van der Waals surface area contributed by atoms with Crippen molar-refractivity contribution >= 4 is 23.2 Å². The topological polar surface area (TPSA) is 29.1 Å². The van der Waals surface area contributed by atoms with Gasteiger partial charge in [0, 0.05) is 11.1 Å². The van der Waals surface area contributed by atoms with Gasteiger partial charge >= 0.3 is 0 Å². The molecule has 0 saturated heterocycles. The molecule has 2 rings (SSSR count). The van der Waals surface area contributed by atoms with Crippen molar-refractivity contribution in [2.45, 2.75) is 6.42 Å². The summed E-state index contributed by atoms with van der Waals surface area (Å²) in [6.45, 7) is 0. The normalized spacial score (nSPS) is 10.3. The van der Waals surface area contributed by atoms with Gasteiger partial charge in [-0.2, -0.15) is 0 Å². The first kappa shape index (κ1) is 13.5. The van der Waals surface area contributed by atoms with Crippen LogP contribution >= 0.6 is 11.6 Å². The van der Waals surface area contributed by atoms with E-state index in [-0.39, 0.29) is 12.1 Å². The molecule has 98 valence electrons.